The second kappa shape index (κ2) is 7.51. The van der Waals surface area contributed by atoms with E-state index in [2.05, 4.69) is 17.1 Å². The fourth-order valence-corrected chi connectivity index (χ4v) is 4.53. The molecule has 0 atom stereocenters. The van der Waals surface area contributed by atoms with Crippen LogP contribution in [0.5, 0.6) is 0 Å². The highest BCUT2D eigenvalue weighted by Crippen LogP contribution is 2.35. The van der Waals surface area contributed by atoms with E-state index in [1.54, 1.807) is 35.6 Å². The summed E-state index contributed by atoms with van der Waals surface area (Å²) in [6.45, 7) is 0. The van der Waals surface area contributed by atoms with E-state index in [9.17, 15) is 10.5 Å². The van der Waals surface area contributed by atoms with Crippen LogP contribution >= 0.6 is 23.1 Å². The minimum atomic E-state index is 0.489. The van der Waals surface area contributed by atoms with Gasteiger partial charge in [0.2, 0.25) is 0 Å². The van der Waals surface area contributed by atoms with Gasteiger partial charge in [-0.25, -0.2) is 4.98 Å². The Morgan fingerprint density at radius 2 is 1.85 bits per heavy atom. The smallest absolute Gasteiger partial charge is 0.156 e. The highest BCUT2D eigenvalue weighted by Gasteiger charge is 2.11. The van der Waals surface area contributed by atoms with E-state index in [-0.39, 0.29) is 0 Å². The van der Waals surface area contributed by atoms with Crippen LogP contribution in [0.3, 0.4) is 0 Å². The fraction of sp³-hybridized carbons (Fsp3) is 0. The van der Waals surface area contributed by atoms with Crippen molar-refractivity contribution in [3.05, 3.63) is 76.9 Å². The zero-order valence-electron chi connectivity index (χ0n) is 13.9. The third-order valence-corrected chi connectivity index (χ3v) is 5.82. The molecule has 0 saturated carbocycles. The Balaban J connectivity index is 1.61. The summed E-state index contributed by atoms with van der Waals surface area (Å²) in [5.41, 5.74) is 2.21. The first kappa shape index (κ1) is 17.1. The first-order valence-corrected chi connectivity index (χ1v) is 9.64. The molecule has 27 heavy (non-hydrogen) atoms. The zero-order valence-corrected chi connectivity index (χ0v) is 15.6. The van der Waals surface area contributed by atoms with Gasteiger partial charge >= 0.3 is 0 Å². The summed E-state index contributed by atoms with van der Waals surface area (Å²) >= 11 is 2.87. The molecule has 0 bridgehead atoms. The lowest BCUT2D eigenvalue weighted by Gasteiger charge is -1.99. The van der Waals surface area contributed by atoms with Crippen LogP contribution in [0.2, 0.25) is 0 Å². The molecule has 0 radical (unpaired) electrons. The maximum absolute atomic E-state index is 9.48. The lowest BCUT2D eigenvalue weighted by atomic mass is 10.1. The van der Waals surface area contributed by atoms with Gasteiger partial charge in [-0.05, 0) is 48.2 Å². The average molecular weight is 385 g/mol. The number of thioether (sulfide) groups is 1. The SMILES string of the molecule is N#C/C(=C/c1ccc(-c2ccccc2C#N)o1)Sc1nc2ccccc2s1. The minimum absolute atomic E-state index is 0.489. The van der Waals surface area contributed by atoms with Gasteiger partial charge in [0.15, 0.2) is 4.34 Å². The van der Waals surface area contributed by atoms with Crippen LogP contribution in [0.1, 0.15) is 11.3 Å². The topological polar surface area (TPSA) is 73.6 Å². The van der Waals surface area contributed by atoms with Crippen molar-refractivity contribution < 1.29 is 4.42 Å². The Kier molecular flexibility index (Phi) is 4.76. The number of rotatable bonds is 4. The van der Waals surface area contributed by atoms with E-state index in [4.69, 9.17) is 4.42 Å². The number of aromatic nitrogens is 1. The summed E-state index contributed by atoms with van der Waals surface area (Å²) in [4.78, 5) is 5.03. The molecule has 0 saturated heterocycles. The second-order valence-corrected chi connectivity index (χ2v) is 7.85. The molecule has 2 heterocycles. The molecule has 0 spiro atoms. The van der Waals surface area contributed by atoms with Gasteiger partial charge in [0.05, 0.1) is 26.8 Å². The van der Waals surface area contributed by atoms with E-state index in [1.165, 1.54) is 11.8 Å². The fourth-order valence-electron chi connectivity index (χ4n) is 2.57. The Bertz CT molecular complexity index is 1210. The van der Waals surface area contributed by atoms with E-state index >= 15 is 0 Å². The number of para-hydroxylation sites is 1. The van der Waals surface area contributed by atoms with Crippen LogP contribution in [0.25, 0.3) is 27.6 Å². The van der Waals surface area contributed by atoms with Gasteiger partial charge in [0.1, 0.15) is 17.6 Å². The Morgan fingerprint density at radius 3 is 2.67 bits per heavy atom. The van der Waals surface area contributed by atoms with E-state index < -0.39 is 0 Å². The quantitative estimate of drug-likeness (QED) is 0.314. The molecule has 4 aromatic rings. The summed E-state index contributed by atoms with van der Waals surface area (Å²) in [5, 5.41) is 18.7. The van der Waals surface area contributed by atoms with Gasteiger partial charge in [-0.15, -0.1) is 11.3 Å². The molecule has 0 aliphatic rings. The van der Waals surface area contributed by atoms with Crippen LogP contribution in [0.15, 0.2) is 74.3 Å². The molecule has 0 fully saturated rings. The number of thiazole rings is 1. The predicted octanol–water partition coefficient (Wildman–Crippen LogP) is 6.08. The second-order valence-electron chi connectivity index (χ2n) is 5.53. The molecule has 0 unspecified atom stereocenters. The van der Waals surface area contributed by atoms with Crippen molar-refractivity contribution in [3.63, 3.8) is 0 Å². The van der Waals surface area contributed by atoms with Gasteiger partial charge in [-0.2, -0.15) is 10.5 Å². The maximum atomic E-state index is 9.48. The molecular formula is C21H11N3OS2. The maximum Gasteiger partial charge on any atom is 0.156 e. The normalized spacial score (nSPS) is 11.3. The number of benzene rings is 2. The Morgan fingerprint density at radius 1 is 1.04 bits per heavy atom. The molecule has 6 heteroatoms. The third kappa shape index (κ3) is 3.63. The van der Waals surface area contributed by atoms with Crippen LogP contribution in [0, 0.1) is 22.7 Å². The number of allylic oxidation sites excluding steroid dienone is 1. The van der Waals surface area contributed by atoms with Crippen LogP contribution in [-0.2, 0) is 0 Å². The predicted molar refractivity (Wildman–Crippen MR) is 108 cm³/mol. The Hall–Kier alpha value is -3.32. The van der Waals surface area contributed by atoms with Gasteiger partial charge in [0.25, 0.3) is 0 Å². The zero-order chi connectivity index (χ0) is 18.6. The number of nitriles is 2. The standard InChI is InChI=1S/C21H11N3OS2/c22-12-14-5-1-2-6-17(14)19-10-9-15(25-19)11-16(13-23)26-21-24-18-7-3-4-8-20(18)27-21/h1-11H/b16-11-. The van der Waals surface area contributed by atoms with Crippen molar-refractivity contribution in [2.75, 3.05) is 0 Å². The van der Waals surface area contributed by atoms with Crippen molar-refractivity contribution in [2.45, 2.75) is 4.34 Å². The molecule has 2 aromatic carbocycles. The molecule has 128 valence electrons. The molecule has 4 nitrogen and oxygen atoms in total. The van der Waals surface area contributed by atoms with Gasteiger partial charge in [-0.1, -0.05) is 24.3 Å². The molecular weight excluding hydrogens is 374 g/mol. The van der Waals surface area contributed by atoms with E-state index in [0.29, 0.717) is 22.0 Å². The van der Waals surface area contributed by atoms with Crippen molar-refractivity contribution in [3.8, 4) is 23.5 Å². The number of hydrogen-bond donors (Lipinski definition) is 0. The molecule has 0 aliphatic heterocycles. The highest BCUT2D eigenvalue weighted by atomic mass is 32.2. The van der Waals surface area contributed by atoms with E-state index in [0.717, 1.165) is 20.1 Å². The number of fused-ring (bicyclic) bond motifs is 1. The third-order valence-electron chi connectivity index (χ3n) is 3.79. The molecule has 0 aliphatic carbocycles. The van der Waals surface area contributed by atoms with Crippen LogP contribution in [-0.4, -0.2) is 4.98 Å². The Labute approximate surface area is 164 Å². The number of hydrogen-bond acceptors (Lipinski definition) is 6. The van der Waals surface area contributed by atoms with Crippen molar-refractivity contribution in [2.24, 2.45) is 0 Å². The summed E-state index contributed by atoms with van der Waals surface area (Å²) in [6, 6.07) is 23.1. The molecule has 0 amide bonds. The first-order valence-electron chi connectivity index (χ1n) is 8.01. The lowest BCUT2D eigenvalue weighted by Crippen LogP contribution is -1.80. The number of furan rings is 1. The average Bonchev–Trinajstić information content (AvgIpc) is 3.33. The first-order chi connectivity index (χ1) is 13.3. The molecule has 2 aromatic heterocycles. The lowest BCUT2D eigenvalue weighted by molar-refractivity contribution is 0.571. The summed E-state index contributed by atoms with van der Waals surface area (Å²) in [6.07, 6.45) is 1.69. The molecule has 4 rings (SSSR count). The minimum Gasteiger partial charge on any atom is -0.457 e. The van der Waals surface area contributed by atoms with Crippen LogP contribution in [0.4, 0.5) is 0 Å². The summed E-state index contributed by atoms with van der Waals surface area (Å²) in [7, 11) is 0. The summed E-state index contributed by atoms with van der Waals surface area (Å²) < 4.78 is 7.73. The number of nitrogens with zero attached hydrogens (tertiary/aromatic N) is 3. The molecule has 0 N–H and O–H groups in total. The van der Waals surface area contributed by atoms with Crippen molar-refractivity contribution in [1.82, 2.24) is 4.98 Å². The van der Waals surface area contributed by atoms with E-state index in [1.807, 2.05) is 42.5 Å². The monoisotopic (exact) mass is 385 g/mol. The highest BCUT2D eigenvalue weighted by molar-refractivity contribution is 8.05. The summed E-state index contributed by atoms with van der Waals surface area (Å²) in [5.74, 6) is 1.16. The van der Waals surface area contributed by atoms with Gasteiger partial charge in [-0.3, -0.25) is 0 Å². The van der Waals surface area contributed by atoms with Crippen LogP contribution < -0.4 is 0 Å². The van der Waals surface area contributed by atoms with Crippen molar-refractivity contribution >= 4 is 39.4 Å². The van der Waals surface area contributed by atoms with Gasteiger partial charge in [0, 0.05) is 11.6 Å². The van der Waals surface area contributed by atoms with Crippen molar-refractivity contribution in [1.29, 1.82) is 10.5 Å². The largest absolute Gasteiger partial charge is 0.457 e. The van der Waals surface area contributed by atoms with Gasteiger partial charge < -0.3 is 4.42 Å².